The zero-order valence-corrected chi connectivity index (χ0v) is 24.4. The molecule has 0 spiro atoms. The molecule has 0 unspecified atom stereocenters. The molecule has 0 bridgehead atoms. The number of hydrogen-bond donors (Lipinski definition) is 5. The Labute approximate surface area is 259 Å². The minimum atomic E-state index is -1.16. The summed E-state index contributed by atoms with van der Waals surface area (Å²) < 4.78 is 0. The zero-order valence-electron chi connectivity index (χ0n) is 24.4. The normalized spacial score (nSPS) is 11.8. The third-order valence-electron chi connectivity index (χ3n) is 6.77. The van der Waals surface area contributed by atoms with Crippen molar-refractivity contribution >= 4 is 29.7 Å². The summed E-state index contributed by atoms with van der Waals surface area (Å²) in [5, 5.41) is 26.1. The number of carboxylic acid groups (broad SMARTS) is 1. The van der Waals surface area contributed by atoms with E-state index in [9.17, 15) is 29.3 Å². The number of nitrogens with two attached hydrogens (primary N) is 2. The second kappa shape index (κ2) is 16.9. The van der Waals surface area contributed by atoms with Crippen LogP contribution in [0.3, 0.4) is 0 Å². The molecule has 3 aromatic carbocycles. The minimum Gasteiger partial charge on any atom is -0.480 e. The predicted molar refractivity (Wildman–Crippen MR) is 165 cm³/mol. The molecule has 3 aromatic rings. The van der Waals surface area contributed by atoms with Gasteiger partial charge in [0.15, 0.2) is 5.03 Å². The standard InChI is InChI=1S/C31H35N7O7/c32-17-7-12-25(29(42)35-31(33)36-38(44)45)37(20-22-15-13-21(14-16-22)18-26(39)34-19-27(40)41)30(43)28(23-8-3-1-4-9-23)24-10-5-2-6-11-24/h1-6,8-11,13-16,25,28H,7,12,17-20,32H2,(H,34,39)(H,40,41)(H3,33,35,36,42)/t25-/m0/s1. The molecule has 0 saturated carbocycles. The number of amides is 3. The number of carbonyl (C=O) groups excluding carboxylic acids is 3. The molecular formula is C31H35N7O7. The van der Waals surface area contributed by atoms with Gasteiger partial charge >= 0.3 is 5.97 Å². The average molecular weight is 618 g/mol. The largest absolute Gasteiger partial charge is 0.480 e. The number of nitrogens with zero attached hydrogens (tertiary/aromatic N) is 3. The fourth-order valence-corrected chi connectivity index (χ4v) is 4.72. The summed E-state index contributed by atoms with van der Waals surface area (Å²) in [5.74, 6) is -4.35. The van der Waals surface area contributed by atoms with Crippen molar-refractivity contribution in [3.8, 4) is 0 Å². The van der Waals surface area contributed by atoms with Crippen LogP contribution in [-0.2, 0) is 32.1 Å². The van der Waals surface area contributed by atoms with Gasteiger partial charge in [-0.1, -0.05) is 84.9 Å². The summed E-state index contributed by atoms with van der Waals surface area (Å²) in [6, 6.07) is 23.7. The maximum Gasteiger partial charge on any atom is 0.322 e. The molecule has 0 aromatic heterocycles. The van der Waals surface area contributed by atoms with Crippen LogP contribution in [0.1, 0.15) is 41.0 Å². The lowest BCUT2D eigenvalue weighted by Crippen LogP contribution is -2.53. The predicted octanol–water partition coefficient (Wildman–Crippen LogP) is 1.32. The number of benzene rings is 3. The highest BCUT2D eigenvalue weighted by Crippen LogP contribution is 2.29. The van der Waals surface area contributed by atoms with Crippen LogP contribution < -0.4 is 22.1 Å². The highest BCUT2D eigenvalue weighted by Gasteiger charge is 2.35. The fourth-order valence-electron chi connectivity index (χ4n) is 4.72. The molecular weight excluding hydrogens is 582 g/mol. The third-order valence-corrected chi connectivity index (χ3v) is 6.77. The van der Waals surface area contributed by atoms with Gasteiger partial charge in [-0.05, 0) is 41.6 Å². The summed E-state index contributed by atoms with van der Waals surface area (Å²) >= 11 is 0. The van der Waals surface area contributed by atoms with Crippen molar-refractivity contribution in [2.24, 2.45) is 16.6 Å². The van der Waals surface area contributed by atoms with Gasteiger partial charge in [0.05, 0.1) is 12.3 Å². The van der Waals surface area contributed by atoms with Crippen LogP contribution in [0.25, 0.3) is 0 Å². The van der Waals surface area contributed by atoms with Gasteiger partial charge in [0.1, 0.15) is 17.7 Å². The first kappa shape index (κ1) is 33.9. The Balaban J connectivity index is 2.03. The molecule has 0 aliphatic heterocycles. The highest BCUT2D eigenvalue weighted by molar-refractivity contribution is 6.00. The smallest absolute Gasteiger partial charge is 0.322 e. The number of carbonyl (C=O) groups is 4. The van der Waals surface area contributed by atoms with E-state index in [0.717, 1.165) is 0 Å². The number of nitro groups is 1. The van der Waals surface area contributed by atoms with E-state index in [1.165, 1.54) is 4.90 Å². The molecule has 0 radical (unpaired) electrons. The summed E-state index contributed by atoms with van der Waals surface area (Å²) in [7, 11) is 0. The van der Waals surface area contributed by atoms with E-state index in [1.54, 1.807) is 24.3 Å². The average Bonchev–Trinajstić information content (AvgIpc) is 3.01. The Morgan fingerprint density at radius 3 is 1.98 bits per heavy atom. The van der Waals surface area contributed by atoms with Crippen molar-refractivity contribution in [3.63, 3.8) is 0 Å². The van der Waals surface area contributed by atoms with Crippen molar-refractivity contribution in [3.05, 3.63) is 117 Å². The molecule has 7 N–H and O–H groups in total. The molecule has 3 amide bonds. The molecule has 236 valence electrons. The van der Waals surface area contributed by atoms with Crippen LogP contribution >= 0.6 is 0 Å². The molecule has 3 rings (SSSR count). The fraction of sp³-hybridized carbons (Fsp3) is 0.258. The maximum absolute atomic E-state index is 14.6. The van der Waals surface area contributed by atoms with Gasteiger partial charge in [-0.3, -0.25) is 24.5 Å². The number of nitrogens with one attached hydrogen (secondary N) is 2. The molecule has 1 atom stereocenters. The highest BCUT2D eigenvalue weighted by atomic mass is 16.7. The first-order valence-corrected chi connectivity index (χ1v) is 14.0. The topological polar surface area (TPSA) is 223 Å². The van der Waals surface area contributed by atoms with Crippen molar-refractivity contribution in [2.75, 3.05) is 13.1 Å². The number of aliphatic carboxylic acids is 1. The van der Waals surface area contributed by atoms with Gasteiger partial charge in [-0.2, -0.15) is 0 Å². The van der Waals surface area contributed by atoms with Gasteiger partial charge in [0, 0.05) is 6.54 Å². The van der Waals surface area contributed by atoms with Crippen LogP contribution in [0, 0.1) is 10.1 Å². The van der Waals surface area contributed by atoms with Crippen LogP contribution in [-0.4, -0.2) is 63.8 Å². The summed E-state index contributed by atoms with van der Waals surface area (Å²) in [6.07, 6.45) is 0.411. The number of rotatable bonds is 15. The van der Waals surface area contributed by atoms with Gasteiger partial charge in [0.25, 0.3) is 5.96 Å². The van der Waals surface area contributed by atoms with Gasteiger partial charge in [0.2, 0.25) is 17.7 Å². The van der Waals surface area contributed by atoms with Gasteiger partial charge < -0.3 is 26.8 Å². The second-order valence-corrected chi connectivity index (χ2v) is 10.0. The zero-order chi connectivity index (χ0) is 32.8. The SMILES string of the molecule is NCCC[C@@H](C(=O)NC(N)=N[N+](=O)[O-])N(Cc1ccc(CC(=O)NCC(=O)O)cc1)C(=O)C(c1ccccc1)c1ccccc1. The lowest BCUT2D eigenvalue weighted by molar-refractivity contribution is -0.485. The van der Waals surface area contributed by atoms with Crippen LogP contribution in [0.5, 0.6) is 0 Å². The Hall–Kier alpha value is -5.63. The van der Waals surface area contributed by atoms with E-state index in [-0.39, 0.29) is 25.9 Å². The first-order chi connectivity index (χ1) is 21.6. The minimum absolute atomic E-state index is 0.0462. The van der Waals surface area contributed by atoms with E-state index >= 15 is 0 Å². The van der Waals surface area contributed by atoms with Crippen molar-refractivity contribution < 1.29 is 29.3 Å². The summed E-state index contributed by atoms with van der Waals surface area (Å²) in [4.78, 5) is 63.2. The van der Waals surface area contributed by atoms with Crippen LogP contribution in [0.2, 0.25) is 0 Å². The van der Waals surface area contributed by atoms with Crippen LogP contribution in [0.4, 0.5) is 0 Å². The molecule has 0 aliphatic rings. The second-order valence-electron chi connectivity index (χ2n) is 10.0. The third kappa shape index (κ3) is 10.5. The summed E-state index contributed by atoms with van der Waals surface area (Å²) in [5.41, 5.74) is 14.0. The molecule has 45 heavy (non-hydrogen) atoms. The molecule has 14 heteroatoms. The molecule has 0 aliphatic carbocycles. The molecule has 0 heterocycles. The monoisotopic (exact) mass is 617 g/mol. The van der Waals surface area contributed by atoms with Crippen LogP contribution in [0.15, 0.2) is 90.0 Å². The first-order valence-electron chi connectivity index (χ1n) is 14.0. The number of guanidine groups is 1. The Bertz CT molecular complexity index is 1460. The quantitative estimate of drug-likeness (QED) is 0.0717. The lowest BCUT2D eigenvalue weighted by atomic mass is 9.89. The van der Waals surface area contributed by atoms with Crippen molar-refractivity contribution in [1.29, 1.82) is 0 Å². The molecule has 14 nitrogen and oxygen atoms in total. The maximum atomic E-state index is 14.6. The lowest BCUT2D eigenvalue weighted by Gasteiger charge is -2.34. The van der Waals surface area contributed by atoms with E-state index in [0.29, 0.717) is 28.7 Å². The Kier molecular flexibility index (Phi) is 12.7. The molecule has 0 saturated heterocycles. The van der Waals surface area contributed by atoms with Crippen molar-refractivity contribution in [1.82, 2.24) is 15.5 Å². The Morgan fingerprint density at radius 1 is 0.911 bits per heavy atom. The number of hydrogen-bond acceptors (Lipinski definition) is 7. The van der Waals surface area contributed by atoms with Crippen molar-refractivity contribution in [2.45, 2.75) is 37.8 Å². The molecule has 0 fully saturated rings. The van der Waals surface area contributed by atoms with E-state index < -0.39 is 53.2 Å². The van der Waals surface area contributed by atoms with E-state index in [1.807, 2.05) is 60.7 Å². The van der Waals surface area contributed by atoms with Gasteiger partial charge in [-0.25, -0.2) is 10.1 Å². The Morgan fingerprint density at radius 2 is 1.47 bits per heavy atom. The number of hydrazone groups is 1. The van der Waals surface area contributed by atoms with E-state index in [2.05, 4.69) is 15.7 Å². The summed E-state index contributed by atoms with van der Waals surface area (Å²) in [6.45, 7) is -0.333. The van der Waals surface area contributed by atoms with Gasteiger partial charge in [-0.15, -0.1) is 0 Å². The number of carboxylic acids is 1. The van der Waals surface area contributed by atoms with E-state index in [4.69, 9.17) is 16.6 Å².